The van der Waals surface area contributed by atoms with E-state index in [1.165, 1.54) is 14.0 Å². The average molecular weight is 475 g/mol. The number of likely N-dealkylation sites (tertiary alicyclic amines) is 1. The van der Waals surface area contributed by atoms with Gasteiger partial charge in [-0.3, -0.25) is 9.59 Å². The molecule has 4 atom stereocenters. The number of pyridine rings is 1. The standard InChI is InChI=1S/C24H34N4O6/c1-14(32-6)20(27-23(31)34-24(3,4)5)22(30)28-13-18(33-15(2)29)11-17(28)10-16-12-26-21-19(16)8-7-9-25-21/h7-9,12,14,17-18,20H,10-11,13H2,1-6H3,(H,25,26)(H,27,31). The maximum atomic E-state index is 13.7. The summed E-state index contributed by atoms with van der Waals surface area (Å²) >= 11 is 0. The second-order valence-electron chi connectivity index (χ2n) is 9.59. The van der Waals surface area contributed by atoms with Crippen LogP contribution in [0.3, 0.4) is 0 Å². The number of esters is 1. The fraction of sp³-hybridized carbons (Fsp3) is 0.583. The van der Waals surface area contributed by atoms with Gasteiger partial charge >= 0.3 is 12.1 Å². The van der Waals surface area contributed by atoms with Crippen molar-refractivity contribution in [2.24, 2.45) is 0 Å². The lowest BCUT2D eigenvalue weighted by Crippen LogP contribution is -2.56. The van der Waals surface area contributed by atoms with Gasteiger partial charge in [0.05, 0.1) is 12.6 Å². The predicted molar refractivity (Wildman–Crippen MR) is 125 cm³/mol. The fourth-order valence-electron chi connectivity index (χ4n) is 4.22. The van der Waals surface area contributed by atoms with Crippen molar-refractivity contribution in [2.75, 3.05) is 13.7 Å². The van der Waals surface area contributed by atoms with Crippen LogP contribution >= 0.6 is 0 Å². The van der Waals surface area contributed by atoms with Gasteiger partial charge < -0.3 is 29.4 Å². The summed E-state index contributed by atoms with van der Waals surface area (Å²) in [6.45, 7) is 8.54. The van der Waals surface area contributed by atoms with Gasteiger partial charge in [0, 0.05) is 44.3 Å². The van der Waals surface area contributed by atoms with Crippen LogP contribution in [-0.2, 0) is 30.2 Å². The van der Waals surface area contributed by atoms with Gasteiger partial charge in [0.2, 0.25) is 5.91 Å². The van der Waals surface area contributed by atoms with E-state index in [4.69, 9.17) is 14.2 Å². The summed E-state index contributed by atoms with van der Waals surface area (Å²) in [5, 5.41) is 3.64. The lowest BCUT2D eigenvalue weighted by molar-refractivity contribution is -0.147. The zero-order chi connectivity index (χ0) is 25.0. The molecular weight excluding hydrogens is 440 g/mol. The molecule has 2 N–H and O–H groups in total. The molecule has 34 heavy (non-hydrogen) atoms. The second kappa shape index (κ2) is 10.4. The Kier molecular flexibility index (Phi) is 7.81. The first-order valence-electron chi connectivity index (χ1n) is 11.4. The molecule has 0 spiro atoms. The van der Waals surface area contributed by atoms with Gasteiger partial charge in [-0.2, -0.15) is 0 Å². The van der Waals surface area contributed by atoms with Crippen molar-refractivity contribution in [2.45, 2.75) is 77.4 Å². The Morgan fingerprint density at radius 1 is 1.32 bits per heavy atom. The Labute approximate surface area is 199 Å². The smallest absolute Gasteiger partial charge is 0.408 e. The summed E-state index contributed by atoms with van der Waals surface area (Å²) in [5.41, 5.74) is 1.06. The zero-order valence-electron chi connectivity index (χ0n) is 20.6. The van der Waals surface area contributed by atoms with Gasteiger partial charge in [-0.1, -0.05) is 0 Å². The number of carbonyl (C=O) groups is 3. The molecule has 3 heterocycles. The zero-order valence-corrected chi connectivity index (χ0v) is 20.6. The van der Waals surface area contributed by atoms with Gasteiger partial charge in [-0.15, -0.1) is 0 Å². The minimum absolute atomic E-state index is 0.229. The van der Waals surface area contributed by atoms with Crippen molar-refractivity contribution in [1.29, 1.82) is 0 Å². The highest BCUT2D eigenvalue weighted by atomic mass is 16.6. The summed E-state index contributed by atoms with van der Waals surface area (Å²) in [7, 11) is 1.48. The van der Waals surface area contributed by atoms with Crippen LogP contribution in [0, 0.1) is 0 Å². The van der Waals surface area contributed by atoms with E-state index in [0.29, 0.717) is 12.8 Å². The molecule has 1 aliphatic rings. The number of hydrogen-bond donors (Lipinski definition) is 2. The number of H-pyrrole nitrogens is 1. The molecule has 2 aromatic heterocycles. The number of rotatable bonds is 7. The summed E-state index contributed by atoms with van der Waals surface area (Å²) in [5.74, 6) is -0.721. The van der Waals surface area contributed by atoms with Gasteiger partial charge in [0.15, 0.2) is 0 Å². The Morgan fingerprint density at radius 3 is 2.71 bits per heavy atom. The number of nitrogens with zero attached hydrogens (tertiary/aromatic N) is 2. The third-order valence-corrected chi connectivity index (χ3v) is 5.76. The molecule has 0 saturated carbocycles. The van der Waals surface area contributed by atoms with Gasteiger partial charge in [-0.05, 0) is 51.8 Å². The maximum absolute atomic E-state index is 13.7. The van der Waals surface area contributed by atoms with Crippen LogP contribution in [0.5, 0.6) is 0 Å². The molecular formula is C24H34N4O6. The Morgan fingerprint density at radius 2 is 2.06 bits per heavy atom. The number of amides is 2. The van der Waals surface area contributed by atoms with Gasteiger partial charge in [0.25, 0.3) is 0 Å². The van der Waals surface area contributed by atoms with E-state index in [-0.39, 0.29) is 18.5 Å². The molecule has 1 saturated heterocycles. The van der Waals surface area contributed by atoms with Crippen LogP contribution in [0.1, 0.15) is 46.6 Å². The first-order valence-corrected chi connectivity index (χ1v) is 11.4. The van der Waals surface area contributed by atoms with Crippen LogP contribution < -0.4 is 5.32 Å². The number of carbonyl (C=O) groups excluding carboxylic acids is 3. The van der Waals surface area contributed by atoms with Crippen LogP contribution in [0.2, 0.25) is 0 Å². The summed E-state index contributed by atoms with van der Waals surface area (Å²) in [4.78, 5) is 46.9. The molecule has 0 aromatic carbocycles. The Hall–Kier alpha value is -3.14. The fourth-order valence-corrected chi connectivity index (χ4v) is 4.22. The molecule has 186 valence electrons. The van der Waals surface area contributed by atoms with Crippen molar-refractivity contribution in [3.05, 3.63) is 30.1 Å². The Bertz CT molecular complexity index is 1030. The highest BCUT2D eigenvalue weighted by Crippen LogP contribution is 2.28. The van der Waals surface area contributed by atoms with Crippen molar-refractivity contribution in [3.63, 3.8) is 0 Å². The molecule has 2 amide bonds. The normalized spacial score (nSPS) is 20.1. The third-order valence-electron chi connectivity index (χ3n) is 5.76. The second-order valence-corrected chi connectivity index (χ2v) is 9.59. The molecule has 4 unspecified atom stereocenters. The molecule has 10 nitrogen and oxygen atoms in total. The monoisotopic (exact) mass is 474 g/mol. The van der Waals surface area contributed by atoms with E-state index in [1.807, 2.05) is 18.3 Å². The number of nitrogens with one attached hydrogen (secondary N) is 2. The highest BCUT2D eigenvalue weighted by Gasteiger charge is 2.42. The molecule has 2 aromatic rings. The summed E-state index contributed by atoms with van der Waals surface area (Å²) in [6, 6.07) is 2.62. The quantitative estimate of drug-likeness (QED) is 0.591. The first-order chi connectivity index (χ1) is 16.0. The SMILES string of the molecule is COC(C)C(NC(=O)OC(C)(C)C)C(=O)N1CC(OC(C)=O)CC1Cc1c[nH]c2ncccc12. The van der Waals surface area contributed by atoms with Crippen LogP contribution in [0.15, 0.2) is 24.5 Å². The number of hydrogen-bond acceptors (Lipinski definition) is 7. The minimum atomic E-state index is -0.969. The molecule has 0 bridgehead atoms. The van der Waals surface area contributed by atoms with Crippen molar-refractivity contribution in [1.82, 2.24) is 20.2 Å². The number of aromatic amines is 1. The van der Waals surface area contributed by atoms with E-state index >= 15 is 0 Å². The minimum Gasteiger partial charge on any atom is -0.461 e. The highest BCUT2D eigenvalue weighted by molar-refractivity contribution is 5.87. The van der Waals surface area contributed by atoms with Crippen LogP contribution in [-0.4, -0.2) is 76.4 Å². The molecule has 1 fully saturated rings. The number of methoxy groups -OCH3 is 1. The van der Waals surface area contributed by atoms with Crippen molar-refractivity contribution >= 4 is 29.0 Å². The predicted octanol–water partition coefficient (Wildman–Crippen LogP) is 2.57. The number of alkyl carbamates (subject to hydrolysis) is 1. The molecule has 1 aliphatic heterocycles. The number of ether oxygens (including phenoxy) is 3. The van der Waals surface area contributed by atoms with E-state index < -0.39 is 35.9 Å². The van der Waals surface area contributed by atoms with Crippen LogP contribution in [0.4, 0.5) is 4.79 Å². The van der Waals surface area contributed by atoms with Gasteiger partial charge in [-0.25, -0.2) is 9.78 Å². The Balaban J connectivity index is 1.85. The molecule has 10 heteroatoms. The molecule has 0 radical (unpaired) electrons. The van der Waals surface area contributed by atoms with E-state index in [0.717, 1.165) is 16.6 Å². The van der Waals surface area contributed by atoms with Crippen molar-refractivity contribution < 1.29 is 28.6 Å². The topological polar surface area (TPSA) is 123 Å². The number of aromatic nitrogens is 2. The lowest BCUT2D eigenvalue weighted by Gasteiger charge is -2.32. The number of fused-ring (bicyclic) bond motifs is 1. The summed E-state index contributed by atoms with van der Waals surface area (Å²) in [6.07, 6.45) is 2.87. The molecule has 3 rings (SSSR count). The molecule has 0 aliphatic carbocycles. The largest absolute Gasteiger partial charge is 0.461 e. The third kappa shape index (κ3) is 6.25. The lowest BCUT2D eigenvalue weighted by atomic mass is 10.0. The average Bonchev–Trinajstić information content (AvgIpc) is 3.33. The van der Waals surface area contributed by atoms with Gasteiger partial charge in [0.1, 0.15) is 23.4 Å². The summed E-state index contributed by atoms with van der Waals surface area (Å²) < 4.78 is 16.2. The van der Waals surface area contributed by atoms with Crippen LogP contribution in [0.25, 0.3) is 11.0 Å². The van der Waals surface area contributed by atoms with Crippen molar-refractivity contribution in [3.8, 4) is 0 Å². The van der Waals surface area contributed by atoms with E-state index in [1.54, 1.807) is 38.8 Å². The maximum Gasteiger partial charge on any atom is 0.408 e. The van der Waals surface area contributed by atoms with E-state index in [9.17, 15) is 14.4 Å². The first kappa shape index (κ1) is 25.5. The van der Waals surface area contributed by atoms with E-state index in [2.05, 4.69) is 15.3 Å².